The van der Waals surface area contributed by atoms with Crippen LogP contribution in [0.1, 0.15) is 11.4 Å². The molecule has 0 fully saturated rings. The van der Waals surface area contributed by atoms with Crippen LogP contribution < -0.4 is 5.32 Å². The van der Waals surface area contributed by atoms with Gasteiger partial charge in [-0.2, -0.15) is 18.3 Å². The van der Waals surface area contributed by atoms with Crippen LogP contribution >= 0.6 is 0 Å². The molecule has 0 aliphatic carbocycles. The number of halogens is 3. The maximum Gasteiger partial charge on any atom is 0.416 e. The Kier molecular flexibility index (Phi) is 3.22. The van der Waals surface area contributed by atoms with Gasteiger partial charge in [0.15, 0.2) is 0 Å². The SMILES string of the molecule is Cn1ncnc1CNc1cccc(C(F)(F)F)c1. The Balaban J connectivity index is 2.09. The Morgan fingerprint density at radius 2 is 2.11 bits per heavy atom. The van der Waals surface area contributed by atoms with Gasteiger partial charge < -0.3 is 5.32 Å². The van der Waals surface area contributed by atoms with E-state index in [0.717, 1.165) is 12.1 Å². The highest BCUT2D eigenvalue weighted by Crippen LogP contribution is 2.30. The number of alkyl halides is 3. The molecule has 0 saturated heterocycles. The van der Waals surface area contributed by atoms with Gasteiger partial charge in [0.25, 0.3) is 0 Å². The van der Waals surface area contributed by atoms with E-state index in [9.17, 15) is 13.2 Å². The first-order valence-corrected chi connectivity index (χ1v) is 5.21. The minimum absolute atomic E-state index is 0.317. The number of nitrogens with one attached hydrogen (secondary N) is 1. The molecule has 1 aromatic heterocycles. The van der Waals surface area contributed by atoms with Crippen LogP contribution in [0.3, 0.4) is 0 Å². The van der Waals surface area contributed by atoms with Crippen molar-refractivity contribution >= 4 is 5.69 Å². The van der Waals surface area contributed by atoms with Gasteiger partial charge in [0.2, 0.25) is 0 Å². The van der Waals surface area contributed by atoms with Crippen molar-refractivity contribution in [2.75, 3.05) is 5.32 Å². The van der Waals surface area contributed by atoms with Gasteiger partial charge in [-0.15, -0.1) is 0 Å². The summed E-state index contributed by atoms with van der Waals surface area (Å²) in [5, 5.41) is 6.75. The van der Waals surface area contributed by atoms with E-state index < -0.39 is 11.7 Å². The fraction of sp³-hybridized carbons (Fsp3) is 0.273. The largest absolute Gasteiger partial charge is 0.416 e. The second-order valence-corrected chi connectivity index (χ2v) is 3.73. The van der Waals surface area contributed by atoms with Crippen LogP contribution in [-0.2, 0) is 19.8 Å². The van der Waals surface area contributed by atoms with Gasteiger partial charge in [-0.1, -0.05) is 6.07 Å². The Morgan fingerprint density at radius 3 is 2.72 bits per heavy atom. The Morgan fingerprint density at radius 1 is 1.33 bits per heavy atom. The van der Waals surface area contributed by atoms with Crippen molar-refractivity contribution in [2.45, 2.75) is 12.7 Å². The van der Waals surface area contributed by atoms with Crippen molar-refractivity contribution in [2.24, 2.45) is 7.05 Å². The monoisotopic (exact) mass is 256 g/mol. The fourth-order valence-corrected chi connectivity index (χ4v) is 1.47. The van der Waals surface area contributed by atoms with Crippen LogP contribution in [0.4, 0.5) is 18.9 Å². The molecule has 0 aliphatic heterocycles. The summed E-state index contributed by atoms with van der Waals surface area (Å²) in [7, 11) is 1.72. The quantitative estimate of drug-likeness (QED) is 0.917. The van der Waals surface area contributed by atoms with Crippen LogP contribution in [0.15, 0.2) is 30.6 Å². The summed E-state index contributed by atoms with van der Waals surface area (Å²) in [6.07, 6.45) is -2.94. The fourth-order valence-electron chi connectivity index (χ4n) is 1.47. The lowest BCUT2D eigenvalue weighted by Crippen LogP contribution is -2.09. The normalized spacial score (nSPS) is 11.6. The zero-order valence-corrected chi connectivity index (χ0v) is 9.57. The summed E-state index contributed by atoms with van der Waals surface area (Å²) < 4.78 is 39.0. The van der Waals surface area contributed by atoms with Crippen LogP contribution in [0.2, 0.25) is 0 Å². The molecule has 2 rings (SSSR count). The van der Waals surface area contributed by atoms with Gasteiger partial charge >= 0.3 is 6.18 Å². The lowest BCUT2D eigenvalue weighted by molar-refractivity contribution is -0.137. The number of rotatable bonds is 3. The van der Waals surface area contributed by atoms with Crippen LogP contribution in [-0.4, -0.2) is 14.8 Å². The zero-order valence-electron chi connectivity index (χ0n) is 9.57. The van der Waals surface area contributed by atoms with E-state index in [1.807, 2.05) is 0 Å². The number of anilines is 1. The van der Waals surface area contributed by atoms with Gasteiger partial charge in [-0.25, -0.2) is 4.98 Å². The second kappa shape index (κ2) is 4.67. The van der Waals surface area contributed by atoms with E-state index in [1.54, 1.807) is 17.8 Å². The predicted molar refractivity (Wildman–Crippen MR) is 59.8 cm³/mol. The van der Waals surface area contributed by atoms with Gasteiger partial charge in [0, 0.05) is 12.7 Å². The van der Waals surface area contributed by atoms with Crippen LogP contribution in [0.5, 0.6) is 0 Å². The van der Waals surface area contributed by atoms with E-state index in [4.69, 9.17) is 0 Å². The lowest BCUT2D eigenvalue weighted by Gasteiger charge is -2.10. The summed E-state index contributed by atoms with van der Waals surface area (Å²) >= 11 is 0. The average molecular weight is 256 g/mol. The molecule has 4 nitrogen and oxygen atoms in total. The highest BCUT2D eigenvalue weighted by molar-refractivity contribution is 5.46. The highest BCUT2D eigenvalue weighted by atomic mass is 19.4. The van der Waals surface area contributed by atoms with Crippen molar-refractivity contribution in [3.63, 3.8) is 0 Å². The van der Waals surface area contributed by atoms with E-state index in [1.165, 1.54) is 12.4 Å². The van der Waals surface area contributed by atoms with Gasteiger partial charge in [0.1, 0.15) is 12.2 Å². The molecule has 0 atom stereocenters. The average Bonchev–Trinajstić information content (AvgIpc) is 2.72. The minimum Gasteiger partial charge on any atom is -0.378 e. The molecule has 1 aromatic carbocycles. The molecule has 1 N–H and O–H groups in total. The van der Waals surface area contributed by atoms with Crippen molar-refractivity contribution < 1.29 is 13.2 Å². The van der Waals surface area contributed by atoms with Crippen molar-refractivity contribution in [1.82, 2.24) is 14.8 Å². The number of aromatic nitrogens is 3. The molecule has 0 spiro atoms. The summed E-state index contributed by atoms with van der Waals surface area (Å²) in [6.45, 7) is 0.317. The predicted octanol–water partition coefficient (Wildman–Crippen LogP) is 2.45. The van der Waals surface area contributed by atoms with E-state index in [0.29, 0.717) is 18.1 Å². The molecule has 0 saturated carbocycles. The van der Waals surface area contributed by atoms with Gasteiger partial charge in [-0.05, 0) is 18.2 Å². The molecule has 0 aliphatic rings. The maximum atomic E-state index is 12.5. The molecule has 0 unspecified atom stereocenters. The Labute approximate surface area is 101 Å². The Bertz CT molecular complexity index is 533. The second-order valence-electron chi connectivity index (χ2n) is 3.73. The van der Waals surface area contributed by atoms with E-state index in [-0.39, 0.29) is 0 Å². The summed E-state index contributed by atoms with van der Waals surface area (Å²) in [6, 6.07) is 5.04. The lowest BCUT2D eigenvalue weighted by atomic mass is 10.2. The number of benzene rings is 1. The molecule has 0 bridgehead atoms. The molecule has 0 radical (unpaired) electrons. The molecule has 7 heteroatoms. The highest BCUT2D eigenvalue weighted by Gasteiger charge is 2.30. The number of hydrogen-bond acceptors (Lipinski definition) is 3. The maximum absolute atomic E-state index is 12.5. The van der Waals surface area contributed by atoms with Crippen LogP contribution in [0, 0.1) is 0 Å². The standard InChI is InChI=1S/C11H11F3N4/c1-18-10(16-7-17-18)6-15-9-4-2-3-8(5-9)11(12,13)14/h2-5,7,15H,6H2,1H3. The third kappa shape index (κ3) is 2.79. The topological polar surface area (TPSA) is 42.7 Å². The molecule has 0 amide bonds. The number of hydrogen-bond donors (Lipinski definition) is 1. The van der Waals surface area contributed by atoms with E-state index in [2.05, 4.69) is 15.4 Å². The number of nitrogens with zero attached hydrogens (tertiary/aromatic N) is 3. The first kappa shape index (κ1) is 12.4. The third-order valence-electron chi connectivity index (χ3n) is 2.45. The van der Waals surface area contributed by atoms with E-state index >= 15 is 0 Å². The smallest absolute Gasteiger partial charge is 0.378 e. The molecule has 1 heterocycles. The van der Waals surface area contributed by atoms with Gasteiger partial charge in [-0.3, -0.25) is 4.68 Å². The first-order valence-electron chi connectivity index (χ1n) is 5.21. The Hall–Kier alpha value is -2.05. The molecule has 2 aromatic rings. The van der Waals surface area contributed by atoms with Crippen molar-refractivity contribution in [3.8, 4) is 0 Å². The minimum atomic E-state index is -4.33. The molecule has 96 valence electrons. The third-order valence-corrected chi connectivity index (χ3v) is 2.45. The molecule has 18 heavy (non-hydrogen) atoms. The zero-order chi connectivity index (χ0) is 13.2. The van der Waals surface area contributed by atoms with Crippen LogP contribution in [0.25, 0.3) is 0 Å². The molecular formula is C11H11F3N4. The summed E-state index contributed by atoms with van der Waals surface area (Å²) in [4.78, 5) is 3.97. The summed E-state index contributed by atoms with van der Waals surface area (Å²) in [5.41, 5.74) is -0.279. The number of aryl methyl sites for hydroxylation is 1. The summed E-state index contributed by atoms with van der Waals surface area (Å²) in [5.74, 6) is 0.646. The first-order chi connectivity index (χ1) is 8.47. The van der Waals surface area contributed by atoms with Gasteiger partial charge in [0.05, 0.1) is 12.1 Å². The molecular weight excluding hydrogens is 245 g/mol. The van der Waals surface area contributed by atoms with Crippen molar-refractivity contribution in [1.29, 1.82) is 0 Å². The van der Waals surface area contributed by atoms with Crippen molar-refractivity contribution in [3.05, 3.63) is 42.0 Å².